The maximum Gasteiger partial charge on any atom is 0.0565 e. The van der Waals surface area contributed by atoms with Crippen LogP contribution >= 0.6 is 0 Å². The first-order valence-corrected chi connectivity index (χ1v) is 6.00. The van der Waals surface area contributed by atoms with Gasteiger partial charge >= 0.3 is 0 Å². The summed E-state index contributed by atoms with van der Waals surface area (Å²) in [5.74, 6) is 0.795. The normalized spacial score (nSPS) is 35.6. The van der Waals surface area contributed by atoms with Gasteiger partial charge in [-0.05, 0) is 39.2 Å². The molecular formula is C12H25NO. The quantitative estimate of drug-likeness (QED) is 0.751. The smallest absolute Gasteiger partial charge is 0.0565 e. The van der Waals surface area contributed by atoms with Crippen LogP contribution in [0.1, 0.15) is 47.0 Å². The van der Waals surface area contributed by atoms with Gasteiger partial charge in [0.1, 0.15) is 0 Å². The minimum absolute atomic E-state index is 0.424. The Morgan fingerprint density at radius 1 is 1.29 bits per heavy atom. The van der Waals surface area contributed by atoms with Crippen molar-refractivity contribution in [3.05, 3.63) is 0 Å². The average Bonchev–Trinajstić information content (AvgIpc) is 2.12. The van der Waals surface area contributed by atoms with E-state index in [-0.39, 0.29) is 0 Å². The molecule has 0 amide bonds. The third kappa shape index (κ3) is 3.97. The molecule has 2 nitrogen and oxygen atoms in total. The first-order chi connectivity index (χ1) is 6.61. The summed E-state index contributed by atoms with van der Waals surface area (Å²) in [5, 5.41) is 3.65. The molecule has 1 aliphatic rings. The van der Waals surface area contributed by atoms with Gasteiger partial charge in [0.15, 0.2) is 0 Å². The summed E-state index contributed by atoms with van der Waals surface area (Å²) in [6.45, 7) is 10.1. The Labute approximate surface area is 88.4 Å². The van der Waals surface area contributed by atoms with Crippen molar-refractivity contribution in [2.24, 2.45) is 5.92 Å². The van der Waals surface area contributed by atoms with Crippen LogP contribution in [0.4, 0.5) is 0 Å². The molecule has 1 saturated heterocycles. The lowest BCUT2D eigenvalue weighted by molar-refractivity contribution is -0.0423. The maximum absolute atomic E-state index is 5.71. The van der Waals surface area contributed by atoms with Crippen LogP contribution in [0.15, 0.2) is 0 Å². The highest BCUT2D eigenvalue weighted by Crippen LogP contribution is 2.19. The van der Waals surface area contributed by atoms with Gasteiger partial charge in [0.25, 0.3) is 0 Å². The van der Waals surface area contributed by atoms with Crippen LogP contribution in [0.5, 0.6) is 0 Å². The van der Waals surface area contributed by atoms with Gasteiger partial charge in [0.2, 0.25) is 0 Å². The largest absolute Gasteiger partial charge is 0.375 e. The zero-order valence-corrected chi connectivity index (χ0v) is 10.0. The lowest BCUT2D eigenvalue weighted by atomic mass is 9.99. The van der Waals surface area contributed by atoms with E-state index in [0.29, 0.717) is 18.2 Å². The minimum Gasteiger partial charge on any atom is -0.375 e. The predicted octanol–water partition coefficient (Wildman–Crippen LogP) is 2.58. The van der Waals surface area contributed by atoms with Gasteiger partial charge in [0, 0.05) is 6.04 Å². The number of ether oxygens (including phenoxy) is 1. The Morgan fingerprint density at radius 3 is 2.36 bits per heavy atom. The van der Waals surface area contributed by atoms with E-state index in [4.69, 9.17) is 4.74 Å². The molecule has 0 aliphatic carbocycles. The zero-order chi connectivity index (χ0) is 10.6. The van der Waals surface area contributed by atoms with Gasteiger partial charge in [-0.15, -0.1) is 0 Å². The molecule has 0 aromatic carbocycles. The number of hydrogen-bond acceptors (Lipinski definition) is 2. The van der Waals surface area contributed by atoms with E-state index < -0.39 is 0 Å². The van der Waals surface area contributed by atoms with Crippen LogP contribution in [-0.4, -0.2) is 24.8 Å². The second-order valence-corrected chi connectivity index (χ2v) is 4.85. The molecular weight excluding hydrogens is 174 g/mol. The Kier molecular flexibility index (Phi) is 4.90. The van der Waals surface area contributed by atoms with E-state index in [0.717, 1.165) is 12.5 Å². The van der Waals surface area contributed by atoms with Crippen LogP contribution in [0, 0.1) is 5.92 Å². The summed E-state index contributed by atoms with van der Waals surface area (Å²) in [5.41, 5.74) is 0. The molecule has 1 N–H and O–H groups in total. The molecule has 14 heavy (non-hydrogen) atoms. The van der Waals surface area contributed by atoms with Crippen molar-refractivity contribution in [2.45, 2.75) is 65.2 Å². The van der Waals surface area contributed by atoms with Crippen molar-refractivity contribution in [3.8, 4) is 0 Å². The summed E-state index contributed by atoms with van der Waals surface area (Å²) in [4.78, 5) is 0. The molecule has 1 rings (SSSR count). The van der Waals surface area contributed by atoms with Crippen molar-refractivity contribution < 1.29 is 4.74 Å². The van der Waals surface area contributed by atoms with Gasteiger partial charge in [-0.25, -0.2) is 0 Å². The highest BCUT2D eigenvalue weighted by atomic mass is 16.5. The summed E-state index contributed by atoms with van der Waals surface area (Å²) >= 11 is 0. The van der Waals surface area contributed by atoms with Crippen LogP contribution in [0.3, 0.4) is 0 Å². The van der Waals surface area contributed by atoms with Gasteiger partial charge in [-0.1, -0.05) is 20.3 Å². The van der Waals surface area contributed by atoms with Gasteiger partial charge < -0.3 is 10.1 Å². The zero-order valence-electron chi connectivity index (χ0n) is 10.0. The molecule has 0 bridgehead atoms. The fourth-order valence-corrected chi connectivity index (χ4v) is 2.08. The Bertz CT molecular complexity index is 150. The molecule has 3 unspecified atom stereocenters. The lowest BCUT2D eigenvalue weighted by Gasteiger charge is -2.33. The SMILES string of the molecule is CCC(C)CNC1CC(C)OC(C)C1. The molecule has 0 spiro atoms. The lowest BCUT2D eigenvalue weighted by Crippen LogP contribution is -2.42. The molecule has 1 aliphatic heterocycles. The van der Waals surface area contributed by atoms with E-state index >= 15 is 0 Å². The first kappa shape index (κ1) is 12.0. The number of hydrogen-bond donors (Lipinski definition) is 1. The van der Waals surface area contributed by atoms with E-state index in [9.17, 15) is 0 Å². The summed E-state index contributed by atoms with van der Waals surface area (Å²) in [6, 6.07) is 0.669. The van der Waals surface area contributed by atoms with E-state index in [1.165, 1.54) is 19.3 Å². The van der Waals surface area contributed by atoms with Crippen LogP contribution in [0.2, 0.25) is 0 Å². The fraction of sp³-hybridized carbons (Fsp3) is 1.00. The molecule has 3 atom stereocenters. The fourth-order valence-electron chi connectivity index (χ4n) is 2.08. The maximum atomic E-state index is 5.71. The predicted molar refractivity (Wildman–Crippen MR) is 60.5 cm³/mol. The summed E-state index contributed by atoms with van der Waals surface area (Å²) < 4.78 is 5.71. The highest BCUT2D eigenvalue weighted by Gasteiger charge is 2.23. The van der Waals surface area contributed by atoms with Crippen LogP contribution in [0.25, 0.3) is 0 Å². The standard InChI is InChI=1S/C12H25NO/c1-5-9(2)8-13-12-6-10(3)14-11(4)7-12/h9-13H,5-8H2,1-4H3. The molecule has 84 valence electrons. The molecule has 0 aromatic rings. The third-order valence-corrected chi connectivity index (χ3v) is 3.15. The molecule has 0 radical (unpaired) electrons. The highest BCUT2D eigenvalue weighted by molar-refractivity contribution is 4.78. The average molecular weight is 199 g/mol. The first-order valence-electron chi connectivity index (χ1n) is 6.00. The molecule has 2 heteroatoms. The van der Waals surface area contributed by atoms with Crippen molar-refractivity contribution in [1.29, 1.82) is 0 Å². The van der Waals surface area contributed by atoms with Crippen molar-refractivity contribution >= 4 is 0 Å². The van der Waals surface area contributed by atoms with Gasteiger partial charge in [-0.3, -0.25) is 0 Å². The van der Waals surface area contributed by atoms with E-state index in [1.54, 1.807) is 0 Å². The third-order valence-electron chi connectivity index (χ3n) is 3.15. The second-order valence-electron chi connectivity index (χ2n) is 4.85. The van der Waals surface area contributed by atoms with Gasteiger partial charge in [-0.2, -0.15) is 0 Å². The van der Waals surface area contributed by atoms with Crippen molar-refractivity contribution in [3.63, 3.8) is 0 Å². The number of rotatable bonds is 4. The monoisotopic (exact) mass is 199 g/mol. The Hall–Kier alpha value is -0.0800. The minimum atomic E-state index is 0.424. The number of nitrogens with one attached hydrogen (secondary N) is 1. The Balaban J connectivity index is 2.23. The molecule has 1 heterocycles. The van der Waals surface area contributed by atoms with Crippen LogP contribution in [-0.2, 0) is 4.74 Å². The molecule has 1 fully saturated rings. The van der Waals surface area contributed by atoms with Crippen molar-refractivity contribution in [2.75, 3.05) is 6.54 Å². The van der Waals surface area contributed by atoms with E-state index in [2.05, 4.69) is 33.0 Å². The summed E-state index contributed by atoms with van der Waals surface area (Å²) in [6.07, 6.45) is 4.45. The summed E-state index contributed by atoms with van der Waals surface area (Å²) in [7, 11) is 0. The Morgan fingerprint density at radius 2 is 1.86 bits per heavy atom. The molecule has 0 aromatic heterocycles. The van der Waals surface area contributed by atoms with E-state index in [1.807, 2.05) is 0 Å². The second kappa shape index (κ2) is 5.72. The van der Waals surface area contributed by atoms with Crippen molar-refractivity contribution in [1.82, 2.24) is 5.32 Å². The molecule has 0 saturated carbocycles. The van der Waals surface area contributed by atoms with Gasteiger partial charge in [0.05, 0.1) is 12.2 Å². The topological polar surface area (TPSA) is 21.3 Å². The van der Waals surface area contributed by atoms with Crippen LogP contribution < -0.4 is 5.32 Å².